The summed E-state index contributed by atoms with van der Waals surface area (Å²) in [6.07, 6.45) is 2.70. The third-order valence-corrected chi connectivity index (χ3v) is 4.94. The van der Waals surface area contributed by atoms with E-state index in [9.17, 15) is 9.59 Å². The summed E-state index contributed by atoms with van der Waals surface area (Å²) < 4.78 is 5.36. The van der Waals surface area contributed by atoms with Crippen LogP contribution >= 0.6 is 11.3 Å². The van der Waals surface area contributed by atoms with Gasteiger partial charge < -0.3 is 10.1 Å². The van der Waals surface area contributed by atoms with E-state index in [-0.39, 0.29) is 18.0 Å². The van der Waals surface area contributed by atoms with Crippen molar-refractivity contribution in [3.63, 3.8) is 0 Å². The first-order valence-corrected chi connectivity index (χ1v) is 8.60. The molecule has 0 fully saturated rings. The van der Waals surface area contributed by atoms with Gasteiger partial charge in [-0.2, -0.15) is 0 Å². The van der Waals surface area contributed by atoms with Crippen LogP contribution in [0.2, 0.25) is 0 Å². The topological polar surface area (TPSA) is 55.4 Å². The predicted octanol–water partition coefficient (Wildman–Crippen LogP) is 4.05. The fourth-order valence-electron chi connectivity index (χ4n) is 2.75. The molecule has 120 valence electrons. The Morgan fingerprint density at radius 1 is 1.17 bits per heavy atom. The molecule has 1 aliphatic rings. The molecule has 3 rings (SSSR count). The van der Waals surface area contributed by atoms with Crippen LogP contribution in [0.25, 0.3) is 0 Å². The highest BCUT2D eigenvalue weighted by molar-refractivity contribution is 7.17. The molecule has 1 aromatic carbocycles. The number of anilines is 1. The summed E-state index contributed by atoms with van der Waals surface area (Å²) in [6.45, 7) is 3.65. The Hall–Kier alpha value is -2.14. The molecule has 0 atom stereocenters. The largest absolute Gasteiger partial charge is 0.459 e. The van der Waals surface area contributed by atoms with Crippen molar-refractivity contribution in [3.8, 4) is 0 Å². The summed E-state index contributed by atoms with van der Waals surface area (Å²) in [4.78, 5) is 26.0. The van der Waals surface area contributed by atoms with Gasteiger partial charge in [0.25, 0.3) is 5.91 Å². The lowest BCUT2D eigenvalue weighted by Crippen LogP contribution is -2.17. The maximum absolute atomic E-state index is 12.4. The number of esters is 1. The van der Waals surface area contributed by atoms with Gasteiger partial charge in [0.05, 0.1) is 11.7 Å². The molecule has 23 heavy (non-hydrogen) atoms. The monoisotopic (exact) mass is 329 g/mol. The number of amides is 1. The Morgan fingerprint density at radius 2 is 1.91 bits per heavy atom. The number of thiophene rings is 1. The summed E-state index contributed by atoms with van der Waals surface area (Å²) in [5, 5.41) is 3.49. The van der Waals surface area contributed by atoms with Crippen molar-refractivity contribution >= 4 is 28.2 Å². The van der Waals surface area contributed by atoms with Gasteiger partial charge in [-0.25, -0.2) is 4.79 Å². The second-order valence-electron chi connectivity index (χ2n) is 5.84. The van der Waals surface area contributed by atoms with Gasteiger partial charge in [0.15, 0.2) is 0 Å². The van der Waals surface area contributed by atoms with E-state index < -0.39 is 0 Å². The molecule has 0 saturated carbocycles. The normalized spacial score (nSPS) is 13.0. The summed E-state index contributed by atoms with van der Waals surface area (Å²) in [6, 6.07) is 9.00. The molecule has 2 aromatic rings. The fourth-order valence-corrected chi connectivity index (χ4v) is 4.02. The average molecular weight is 329 g/mol. The van der Waals surface area contributed by atoms with Crippen molar-refractivity contribution in [2.45, 2.75) is 39.2 Å². The van der Waals surface area contributed by atoms with E-state index in [0.717, 1.165) is 24.8 Å². The quantitative estimate of drug-likeness (QED) is 0.861. The number of hydrogen-bond acceptors (Lipinski definition) is 4. The highest BCUT2D eigenvalue weighted by Gasteiger charge is 2.29. The van der Waals surface area contributed by atoms with E-state index in [4.69, 9.17) is 4.74 Å². The van der Waals surface area contributed by atoms with E-state index >= 15 is 0 Å². The average Bonchev–Trinajstić information content (AvgIpc) is 3.07. The number of benzene rings is 1. The first-order valence-electron chi connectivity index (χ1n) is 7.78. The Labute approximate surface area is 139 Å². The van der Waals surface area contributed by atoms with Crippen molar-refractivity contribution in [3.05, 3.63) is 51.9 Å². The van der Waals surface area contributed by atoms with Gasteiger partial charge >= 0.3 is 5.97 Å². The zero-order chi connectivity index (χ0) is 16.4. The Morgan fingerprint density at radius 3 is 2.61 bits per heavy atom. The first-order chi connectivity index (χ1) is 11.1. The summed E-state index contributed by atoms with van der Waals surface area (Å²) in [7, 11) is 0. The van der Waals surface area contributed by atoms with Gasteiger partial charge in [0.2, 0.25) is 0 Å². The van der Waals surface area contributed by atoms with Crippen molar-refractivity contribution in [2.24, 2.45) is 0 Å². The van der Waals surface area contributed by atoms with Crippen molar-refractivity contribution in [1.82, 2.24) is 0 Å². The van der Waals surface area contributed by atoms with Crippen LogP contribution in [0.3, 0.4) is 0 Å². The van der Waals surface area contributed by atoms with Crippen LogP contribution in [0.5, 0.6) is 0 Å². The lowest BCUT2D eigenvalue weighted by atomic mass is 10.1. The van der Waals surface area contributed by atoms with E-state index in [1.807, 2.05) is 32.0 Å². The molecular weight excluding hydrogens is 310 g/mol. The second kappa shape index (κ2) is 6.54. The van der Waals surface area contributed by atoms with Crippen LogP contribution in [0.4, 0.5) is 5.00 Å². The number of carbonyl (C=O) groups excluding carboxylic acids is 2. The summed E-state index contributed by atoms with van der Waals surface area (Å²) in [5.41, 5.74) is 2.16. The van der Waals surface area contributed by atoms with Crippen LogP contribution in [0.15, 0.2) is 30.3 Å². The lowest BCUT2D eigenvalue weighted by Gasteiger charge is -2.11. The van der Waals surface area contributed by atoms with Crippen LogP contribution in [0, 0.1) is 0 Å². The molecule has 0 spiro atoms. The zero-order valence-electron chi connectivity index (χ0n) is 13.2. The van der Waals surface area contributed by atoms with Gasteiger partial charge in [-0.3, -0.25) is 4.79 Å². The maximum Gasteiger partial charge on any atom is 0.341 e. The SMILES string of the molecule is CC(C)OC(=O)c1c(NC(=O)c2ccccc2)sc2c1CCC2. The van der Waals surface area contributed by atoms with Gasteiger partial charge in [-0.1, -0.05) is 18.2 Å². The van der Waals surface area contributed by atoms with E-state index in [1.54, 1.807) is 12.1 Å². The fraction of sp³-hybridized carbons (Fsp3) is 0.333. The van der Waals surface area contributed by atoms with Crippen LogP contribution in [0.1, 0.15) is 51.4 Å². The highest BCUT2D eigenvalue weighted by atomic mass is 32.1. The van der Waals surface area contributed by atoms with Crippen LogP contribution in [-0.4, -0.2) is 18.0 Å². The predicted molar refractivity (Wildman–Crippen MR) is 91.3 cm³/mol. The molecule has 1 heterocycles. The zero-order valence-corrected chi connectivity index (χ0v) is 14.0. The minimum atomic E-state index is -0.345. The summed E-state index contributed by atoms with van der Waals surface area (Å²) >= 11 is 1.49. The molecule has 5 heteroatoms. The van der Waals surface area contributed by atoms with Gasteiger partial charge in [0, 0.05) is 10.4 Å². The number of rotatable bonds is 4. The van der Waals surface area contributed by atoms with E-state index in [2.05, 4.69) is 5.32 Å². The first kappa shape index (κ1) is 15.7. The van der Waals surface area contributed by atoms with Crippen molar-refractivity contribution in [2.75, 3.05) is 5.32 Å². The molecule has 0 aliphatic heterocycles. The van der Waals surface area contributed by atoms with Gasteiger partial charge in [0.1, 0.15) is 5.00 Å². The minimum absolute atomic E-state index is 0.183. The maximum atomic E-state index is 12.4. The second-order valence-corrected chi connectivity index (χ2v) is 6.94. The molecule has 0 bridgehead atoms. The van der Waals surface area contributed by atoms with Crippen molar-refractivity contribution in [1.29, 1.82) is 0 Å². The molecule has 0 saturated heterocycles. The Kier molecular flexibility index (Phi) is 4.48. The molecule has 1 N–H and O–H groups in total. The number of nitrogens with one attached hydrogen (secondary N) is 1. The minimum Gasteiger partial charge on any atom is -0.459 e. The van der Waals surface area contributed by atoms with Crippen LogP contribution < -0.4 is 5.32 Å². The number of ether oxygens (including phenoxy) is 1. The van der Waals surface area contributed by atoms with E-state index in [0.29, 0.717) is 16.1 Å². The molecular formula is C18H19NO3S. The molecule has 0 unspecified atom stereocenters. The Balaban J connectivity index is 1.90. The smallest absolute Gasteiger partial charge is 0.341 e. The van der Waals surface area contributed by atoms with E-state index in [1.165, 1.54) is 16.2 Å². The number of aryl methyl sites for hydroxylation is 1. The van der Waals surface area contributed by atoms with Crippen LogP contribution in [-0.2, 0) is 17.6 Å². The number of fused-ring (bicyclic) bond motifs is 1. The molecule has 1 aromatic heterocycles. The number of hydrogen-bond donors (Lipinski definition) is 1. The molecule has 4 nitrogen and oxygen atoms in total. The van der Waals surface area contributed by atoms with Gasteiger partial charge in [-0.15, -0.1) is 11.3 Å². The lowest BCUT2D eigenvalue weighted by molar-refractivity contribution is 0.0378. The third kappa shape index (κ3) is 3.29. The Bertz CT molecular complexity index is 734. The number of carbonyl (C=O) groups is 2. The third-order valence-electron chi connectivity index (χ3n) is 3.73. The molecule has 0 radical (unpaired) electrons. The molecule has 1 amide bonds. The standard InChI is InChI=1S/C18H19NO3S/c1-11(2)22-18(21)15-13-9-6-10-14(13)23-17(15)19-16(20)12-7-4-3-5-8-12/h3-5,7-8,11H,6,9-10H2,1-2H3,(H,19,20). The van der Waals surface area contributed by atoms with Crippen molar-refractivity contribution < 1.29 is 14.3 Å². The van der Waals surface area contributed by atoms with Gasteiger partial charge in [-0.05, 0) is 50.8 Å². The molecule has 1 aliphatic carbocycles. The highest BCUT2D eigenvalue weighted by Crippen LogP contribution is 2.39. The summed E-state index contributed by atoms with van der Waals surface area (Å²) in [5.74, 6) is -0.549.